The van der Waals surface area contributed by atoms with Crippen LogP contribution in [-0.2, 0) is 6.54 Å². The largest absolute Gasteiger partial charge is 0.357 e. The molecule has 1 aliphatic carbocycles. The van der Waals surface area contributed by atoms with E-state index in [-0.39, 0.29) is 0 Å². The van der Waals surface area contributed by atoms with Crippen molar-refractivity contribution in [2.75, 3.05) is 25.4 Å². The summed E-state index contributed by atoms with van der Waals surface area (Å²) in [5.41, 5.74) is 2.10. The highest BCUT2D eigenvalue weighted by Gasteiger charge is 2.38. The molecule has 4 nitrogen and oxygen atoms in total. The molecule has 0 radical (unpaired) electrons. The Morgan fingerprint density at radius 3 is 2.92 bits per heavy atom. The van der Waals surface area contributed by atoms with Crippen molar-refractivity contribution in [3.05, 3.63) is 29.6 Å². The maximum atomic E-state index is 4.89. The van der Waals surface area contributed by atoms with Crippen LogP contribution < -0.4 is 5.32 Å². The van der Waals surface area contributed by atoms with Crippen LogP contribution >= 0.6 is 11.8 Å². The Bertz CT molecular complexity index is 561. The van der Waals surface area contributed by atoms with E-state index < -0.39 is 0 Å². The van der Waals surface area contributed by atoms with Crippen LogP contribution in [0.1, 0.15) is 50.4 Å². The number of nitrogens with one attached hydrogen (secondary N) is 1. The van der Waals surface area contributed by atoms with E-state index in [0.717, 1.165) is 37.0 Å². The standard InChI is InChI=1S/C19H30N4S/c1-3-20-18(21-14-17-9-7-8-16(2)22-17)23-12-13-24-19(15-23)10-5-4-6-11-19/h7-9H,3-6,10-15H2,1-2H3,(H,20,21). The number of aliphatic imine (C=N–C) groups is 1. The number of hydrogen-bond donors (Lipinski definition) is 1. The van der Waals surface area contributed by atoms with E-state index in [4.69, 9.17) is 4.99 Å². The van der Waals surface area contributed by atoms with Gasteiger partial charge in [-0.15, -0.1) is 0 Å². The van der Waals surface area contributed by atoms with E-state index in [9.17, 15) is 0 Å². The lowest BCUT2D eigenvalue weighted by molar-refractivity contribution is 0.293. The molecular formula is C19H30N4S. The summed E-state index contributed by atoms with van der Waals surface area (Å²) in [6, 6.07) is 6.16. The van der Waals surface area contributed by atoms with E-state index in [0.29, 0.717) is 11.3 Å². The molecule has 1 saturated carbocycles. The predicted octanol–water partition coefficient (Wildman–Crippen LogP) is 3.61. The van der Waals surface area contributed by atoms with Crippen LogP contribution in [0.3, 0.4) is 0 Å². The Kier molecular flexibility index (Phi) is 6.04. The third-order valence-electron chi connectivity index (χ3n) is 4.98. The Balaban J connectivity index is 1.70. The second kappa shape index (κ2) is 8.24. The van der Waals surface area contributed by atoms with Crippen molar-refractivity contribution in [3.8, 4) is 0 Å². The molecule has 1 aliphatic heterocycles. The Labute approximate surface area is 150 Å². The van der Waals surface area contributed by atoms with Crippen molar-refractivity contribution in [2.45, 2.75) is 57.2 Å². The van der Waals surface area contributed by atoms with E-state index in [1.165, 1.54) is 37.9 Å². The molecule has 1 saturated heterocycles. The number of aromatic nitrogens is 1. The van der Waals surface area contributed by atoms with Crippen LogP contribution in [0.25, 0.3) is 0 Å². The zero-order valence-corrected chi connectivity index (χ0v) is 15.9. The van der Waals surface area contributed by atoms with Gasteiger partial charge in [0.1, 0.15) is 0 Å². The molecular weight excluding hydrogens is 316 g/mol. The average Bonchev–Trinajstić information content (AvgIpc) is 2.59. The first-order chi connectivity index (χ1) is 11.7. The molecule has 0 atom stereocenters. The third kappa shape index (κ3) is 4.44. The van der Waals surface area contributed by atoms with Crippen molar-refractivity contribution in [1.82, 2.24) is 15.2 Å². The molecule has 2 fully saturated rings. The minimum absolute atomic E-state index is 0.467. The lowest BCUT2D eigenvalue weighted by Crippen LogP contribution is -2.53. The molecule has 0 aromatic carbocycles. The smallest absolute Gasteiger partial charge is 0.194 e. The number of guanidine groups is 1. The SMILES string of the molecule is CCNC(=NCc1cccc(C)n1)N1CCSC2(CCCCC2)C1. The third-order valence-corrected chi connectivity index (χ3v) is 6.52. The molecule has 3 rings (SSSR count). The van der Waals surface area contributed by atoms with Gasteiger partial charge in [-0.1, -0.05) is 25.3 Å². The highest BCUT2D eigenvalue weighted by atomic mass is 32.2. The number of nitrogens with zero attached hydrogens (tertiary/aromatic N) is 3. The van der Waals surface area contributed by atoms with Crippen molar-refractivity contribution in [2.24, 2.45) is 4.99 Å². The summed E-state index contributed by atoms with van der Waals surface area (Å²) in [4.78, 5) is 11.9. The number of pyridine rings is 1. The summed E-state index contributed by atoms with van der Waals surface area (Å²) in [6.07, 6.45) is 6.93. The van der Waals surface area contributed by atoms with Gasteiger partial charge in [-0.3, -0.25) is 4.98 Å². The molecule has 24 heavy (non-hydrogen) atoms. The second-order valence-corrected chi connectivity index (χ2v) is 8.52. The fraction of sp³-hybridized carbons (Fsp3) is 0.684. The molecule has 1 aromatic rings. The molecule has 2 heterocycles. The van der Waals surface area contributed by atoms with Crippen LogP contribution in [0.15, 0.2) is 23.2 Å². The number of thioether (sulfide) groups is 1. The molecule has 0 unspecified atom stereocenters. The molecule has 0 amide bonds. The summed E-state index contributed by atoms with van der Waals surface area (Å²) in [5.74, 6) is 2.28. The van der Waals surface area contributed by atoms with Crippen LogP contribution in [0, 0.1) is 6.92 Å². The summed E-state index contributed by atoms with van der Waals surface area (Å²) in [7, 11) is 0. The topological polar surface area (TPSA) is 40.5 Å². The van der Waals surface area contributed by atoms with Gasteiger partial charge in [-0.25, -0.2) is 4.99 Å². The number of rotatable bonds is 3. The molecule has 0 bridgehead atoms. The minimum atomic E-state index is 0.467. The first-order valence-electron chi connectivity index (χ1n) is 9.30. The Hall–Kier alpha value is -1.23. The van der Waals surface area contributed by atoms with Crippen LogP contribution in [0.5, 0.6) is 0 Å². The van der Waals surface area contributed by atoms with Crippen LogP contribution in [-0.4, -0.2) is 46.0 Å². The Morgan fingerprint density at radius 1 is 1.33 bits per heavy atom. The highest BCUT2D eigenvalue weighted by molar-refractivity contribution is 8.00. The lowest BCUT2D eigenvalue weighted by atomic mass is 9.87. The van der Waals surface area contributed by atoms with Crippen LogP contribution in [0.2, 0.25) is 0 Å². The van der Waals surface area contributed by atoms with Gasteiger partial charge in [0.05, 0.1) is 12.2 Å². The molecule has 1 spiro atoms. The Morgan fingerprint density at radius 2 is 2.17 bits per heavy atom. The normalized spacial score (nSPS) is 21.1. The fourth-order valence-corrected chi connectivity index (χ4v) is 5.36. The van der Waals surface area contributed by atoms with Crippen molar-refractivity contribution in [1.29, 1.82) is 0 Å². The van der Waals surface area contributed by atoms with Gasteiger partial charge < -0.3 is 10.2 Å². The molecule has 1 aromatic heterocycles. The highest BCUT2D eigenvalue weighted by Crippen LogP contribution is 2.42. The molecule has 5 heteroatoms. The molecule has 2 aliphatic rings. The van der Waals surface area contributed by atoms with Gasteiger partial charge in [-0.2, -0.15) is 11.8 Å². The molecule has 132 valence electrons. The minimum Gasteiger partial charge on any atom is -0.357 e. The summed E-state index contributed by atoms with van der Waals surface area (Å²) in [6.45, 7) is 7.99. The zero-order valence-electron chi connectivity index (χ0n) is 15.1. The zero-order chi connectivity index (χ0) is 16.8. The quantitative estimate of drug-likeness (QED) is 0.670. The van der Waals surface area contributed by atoms with Gasteiger partial charge in [0, 0.05) is 35.8 Å². The van der Waals surface area contributed by atoms with Crippen molar-refractivity contribution >= 4 is 17.7 Å². The number of aryl methyl sites for hydroxylation is 1. The fourth-order valence-electron chi connectivity index (χ4n) is 3.79. The van der Waals surface area contributed by atoms with Gasteiger partial charge in [-0.05, 0) is 38.8 Å². The monoisotopic (exact) mass is 346 g/mol. The van der Waals surface area contributed by atoms with E-state index >= 15 is 0 Å². The molecule has 1 N–H and O–H groups in total. The average molecular weight is 347 g/mol. The second-order valence-electron chi connectivity index (χ2n) is 6.95. The maximum absolute atomic E-state index is 4.89. The first-order valence-corrected chi connectivity index (χ1v) is 10.3. The van der Waals surface area contributed by atoms with Crippen molar-refractivity contribution < 1.29 is 0 Å². The lowest BCUT2D eigenvalue weighted by Gasteiger charge is -2.45. The van der Waals surface area contributed by atoms with Crippen molar-refractivity contribution in [3.63, 3.8) is 0 Å². The van der Waals surface area contributed by atoms with E-state index in [2.05, 4.69) is 46.0 Å². The van der Waals surface area contributed by atoms with Gasteiger partial charge in [0.2, 0.25) is 0 Å². The predicted molar refractivity (Wildman–Crippen MR) is 104 cm³/mol. The van der Waals surface area contributed by atoms with E-state index in [1.54, 1.807) is 0 Å². The van der Waals surface area contributed by atoms with Gasteiger partial charge in [0.15, 0.2) is 5.96 Å². The van der Waals surface area contributed by atoms with E-state index in [1.807, 2.05) is 13.0 Å². The first kappa shape index (κ1) is 17.6. The summed E-state index contributed by atoms with van der Waals surface area (Å²) >= 11 is 2.21. The summed E-state index contributed by atoms with van der Waals surface area (Å²) < 4.78 is 0.467. The van der Waals surface area contributed by atoms with Gasteiger partial charge >= 0.3 is 0 Å². The summed E-state index contributed by atoms with van der Waals surface area (Å²) in [5, 5.41) is 3.50. The van der Waals surface area contributed by atoms with Crippen LogP contribution in [0.4, 0.5) is 0 Å². The van der Waals surface area contributed by atoms with Gasteiger partial charge in [0.25, 0.3) is 0 Å². The maximum Gasteiger partial charge on any atom is 0.194 e. The number of hydrogen-bond acceptors (Lipinski definition) is 3.